The molecule has 0 radical (unpaired) electrons. The molecule has 0 unspecified atom stereocenters. The van der Waals surface area contributed by atoms with Crippen LogP contribution in [0.2, 0.25) is 0 Å². The summed E-state index contributed by atoms with van der Waals surface area (Å²) in [5.74, 6) is 0.623. The molecule has 0 aliphatic carbocycles. The van der Waals surface area contributed by atoms with Crippen LogP contribution in [-0.2, 0) is 7.05 Å². The molecule has 0 spiro atoms. The highest BCUT2D eigenvalue weighted by atomic mass is 32.1. The van der Waals surface area contributed by atoms with E-state index < -0.39 is 0 Å². The SMILES string of the molecule is Cc1cc[n+](-c2c(C=O)sc(=O)n2C)cc1C. The first-order valence-corrected chi connectivity index (χ1v) is 6.00. The van der Waals surface area contributed by atoms with E-state index in [1.165, 1.54) is 10.1 Å². The minimum atomic E-state index is -0.132. The fourth-order valence-corrected chi connectivity index (χ4v) is 2.44. The van der Waals surface area contributed by atoms with E-state index in [9.17, 15) is 9.59 Å². The number of rotatable bonds is 2. The Labute approximate surface area is 103 Å². The zero-order chi connectivity index (χ0) is 12.6. The summed E-state index contributed by atoms with van der Waals surface area (Å²) >= 11 is 0.964. The molecule has 0 fully saturated rings. The molecule has 0 aliphatic rings. The first-order valence-electron chi connectivity index (χ1n) is 5.18. The molecule has 0 amide bonds. The molecule has 0 aliphatic heterocycles. The molecule has 0 saturated heterocycles. The van der Waals surface area contributed by atoms with Gasteiger partial charge in [0.1, 0.15) is 0 Å². The highest BCUT2D eigenvalue weighted by Gasteiger charge is 2.21. The third-order valence-corrected chi connectivity index (χ3v) is 3.75. The number of aryl methyl sites for hydroxylation is 2. The molecule has 0 bridgehead atoms. The summed E-state index contributed by atoms with van der Waals surface area (Å²) in [7, 11) is 1.67. The van der Waals surface area contributed by atoms with Gasteiger partial charge in [-0.15, -0.1) is 0 Å². The molecule has 0 N–H and O–H groups in total. The number of aldehydes is 1. The second kappa shape index (κ2) is 4.25. The van der Waals surface area contributed by atoms with Gasteiger partial charge in [-0.2, -0.15) is 4.57 Å². The minimum absolute atomic E-state index is 0.132. The van der Waals surface area contributed by atoms with Crippen LogP contribution in [0.3, 0.4) is 0 Å². The summed E-state index contributed by atoms with van der Waals surface area (Å²) in [6, 6.07) is 1.96. The first-order chi connectivity index (χ1) is 8.04. The predicted molar refractivity (Wildman–Crippen MR) is 66.0 cm³/mol. The van der Waals surface area contributed by atoms with Gasteiger partial charge in [0.05, 0.1) is 19.4 Å². The van der Waals surface area contributed by atoms with Crippen molar-refractivity contribution in [3.63, 3.8) is 0 Å². The van der Waals surface area contributed by atoms with E-state index in [4.69, 9.17) is 0 Å². The van der Waals surface area contributed by atoms with Gasteiger partial charge in [-0.1, -0.05) is 0 Å². The second-order valence-electron chi connectivity index (χ2n) is 3.95. The van der Waals surface area contributed by atoms with Gasteiger partial charge in [-0.25, -0.2) is 9.36 Å². The van der Waals surface area contributed by atoms with Crippen molar-refractivity contribution in [3.05, 3.63) is 44.1 Å². The Morgan fingerprint density at radius 2 is 2.06 bits per heavy atom. The molecule has 17 heavy (non-hydrogen) atoms. The maximum absolute atomic E-state index is 11.6. The molecule has 0 aromatic carbocycles. The quantitative estimate of drug-likeness (QED) is 0.592. The molecule has 0 saturated carbocycles. The van der Waals surface area contributed by atoms with E-state index in [1.54, 1.807) is 7.05 Å². The molecular weight excluding hydrogens is 236 g/mol. The number of thiazole rings is 1. The van der Waals surface area contributed by atoms with Gasteiger partial charge >= 0.3 is 10.7 Å². The average molecular weight is 249 g/mol. The smallest absolute Gasteiger partial charge is 0.297 e. The number of carbonyl (C=O) groups is 1. The van der Waals surface area contributed by atoms with Crippen molar-refractivity contribution in [1.29, 1.82) is 0 Å². The Bertz CT molecular complexity index is 640. The highest BCUT2D eigenvalue weighted by Crippen LogP contribution is 2.10. The fourth-order valence-electron chi connectivity index (χ4n) is 1.65. The van der Waals surface area contributed by atoms with Crippen LogP contribution in [0.5, 0.6) is 0 Å². The molecule has 4 nitrogen and oxygen atoms in total. The Morgan fingerprint density at radius 1 is 1.35 bits per heavy atom. The predicted octanol–water partition coefficient (Wildman–Crippen LogP) is 1.15. The summed E-state index contributed by atoms with van der Waals surface area (Å²) in [6.45, 7) is 4.02. The van der Waals surface area contributed by atoms with Crippen LogP contribution in [-0.4, -0.2) is 10.9 Å². The van der Waals surface area contributed by atoms with Crippen LogP contribution in [0.25, 0.3) is 5.82 Å². The van der Waals surface area contributed by atoms with E-state index >= 15 is 0 Å². The standard InChI is InChI=1S/C12H13N2O2S/c1-8-4-5-14(6-9(8)2)11-10(7-15)17-12(16)13(11)3/h4-7H,1-3H3/q+1. The van der Waals surface area contributed by atoms with Crippen molar-refractivity contribution in [2.24, 2.45) is 7.05 Å². The lowest BCUT2D eigenvalue weighted by Gasteiger charge is -2.02. The molecule has 2 aromatic rings. The summed E-state index contributed by atoms with van der Waals surface area (Å²) in [5, 5.41) is 0. The zero-order valence-corrected chi connectivity index (χ0v) is 10.7. The first kappa shape index (κ1) is 11.7. The van der Waals surface area contributed by atoms with Crippen LogP contribution in [0, 0.1) is 13.8 Å². The van der Waals surface area contributed by atoms with Gasteiger partial charge in [-0.05, 0) is 42.4 Å². The number of hydrogen-bond donors (Lipinski definition) is 0. The Balaban J connectivity index is 2.71. The normalized spacial score (nSPS) is 10.5. The topological polar surface area (TPSA) is 42.9 Å². The van der Waals surface area contributed by atoms with Gasteiger partial charge in [0.25, 0.3) is 0 Å². The maximum Gasteiger partial charge on any atom is 0.392 e. The Kier molecular flexibility index (Phi) is 2.93. The number of hydrogen-bond acceptors (Lipinski definition) is 3. The maximum atomic E-state index is 11.6. The number of aromatic nitrogens is 2. The molecule has 2 heterocycles. The van der Waals surface area contributed by atoms with E-state index in [-0.39, 0.29) is 4.87 Å². The summed E-state index contributed by atoms with van der Waals surface area (Å²) in [5.41, 5.74) is 2.29. The van der Waals surface area contributed by atoms with Crippen molar-refractivity contribution in [2.75, 3.05) is 0 Å². The summed E-state index contributed by atoms with van der Waals surface area (Å²) in [4.78, 5) is 22.8. The fraction of sp³-hybridized carbons (Fsp3) is 0.250. The number of pyridine rings is 1. The molecule has 0 atom stereocenters. The Morgan fingerprint density at radius 3 is 2.65 bits per heavy atom. The van der Waals surface area contributed by atoms with Gasteiger partial charge in [-0.3, -0.25) is 4.79 Å². The third kappa shape index (κ3) is 1.93. The zero-order valence-electron chi connectivity index (χ0n) is 9.93. The van der Waals surface area contributed by atoms with E-state index in [0.717, 1.165) is 23.2 Å². The largest absolute Gasteiger partial charge is 0.392 e. The lowest BCUT2D eigenvalue weighted by molar-refractivity contribution is -0.601. The monoisotopic (exact) mass is 249 g/mol. The molecule has 2 aromatic heterocycles. The number of carbonyl (C=O) groups excluding carboxylic acids is 1. The van der Waals surface area contributed by atoms with Gasteiger partial charge in [0.15, 0.2) is 11.2 Å². The van der Waals surface area contributed by atoms with E-state index in [1.807, 2.05) is 36.9 Å². The lowest BCUT2D eigenvalue weighted by atomic mass is 10.2. The summed E-state index contributed by atoms with van der Waals surface area (Å²) in [6.07, 6.45) is 4.50. The molecule has 5 heteroatoms. The van der Waals surface area contributed by atoms with Crippen LogP contribution in [0.4, 0.5) is 0 Å². The third-order valence-electron chi connectivity index (χ3n) is 2.80. The van der Waals surface area contributed by atoms with Gasteiger partial charge < -0.3 is 0 Å². The molecular formula is C12H13N2O2S+. The average Bonchev–Trinajstić information content (AvgIpc) is 2.59. The van der Waals surface area contributed by atoms with Crippen molar-refractivity contribution < 1.29 is 9.36 Å². The van der Waals surface area contributed by atoms with Crippen molar-refractivity contribution >= 4 is 17.6 Å². The van der Waals surface area contributed by atoms with Crippen molar-refractivity contribution in [3.8, 4) is 5.82 Å². The van der Waals surface area contributed by atoms with Crippen molar-refractivity contribution in [1.82, 2.24) is 4.57 Å². The van der Waals surface area contributed by atoms with E-state index in [2.05, 4.69) is 0 Å². The van der Waals surface area contributed by atoms with Crippen LogP contribution < -0.4 is 9.44 Å². The Hall–Kier alpha value is -1.75. The molecule has 88 valence electrons. The minimum Gasteiger partial charge on any atom is -0.297 e. The second-order valence-corrected chi connectivity index (χ2v) is 4.94. The highest BCUT2D eigenvalue weighted by molar-refractivity contribution is 7.11. The summed E-state index contributed by atoms with van der Waals surface area (Å²) < 4.78 is 3.30. The lowest BCUT2D eigenvalue weighted by Crippen LogP contribution is -2.35. The number of nitrogens with zero attached hydrogens (tertiary/aromatic N) is 2. The van der Waals surface area contributed by atoms with Crippen molar-refractivity contribution in [2.45, 2.75) is 13.8 Å². The van der Waals surface area contributed by atoms with Crippen LogP contribution in [0.15, 0.2) is 23.3 Å². The molecule has 2 rings (SSSR count). The van der Waals surface area contributed by atoms with E-state index in [0.29, 0.717) is 10.7 Å². The van der Waals surface area contributed by atoms with Gasteiger partial charge in [0.2, 0.25) is 0 Å². The van der Waals surface area contributed by atoms with Crippen LogP contribution in [0.1, 0.15) is 20.8 Å². The van der Waals surface area contributed by atoms with Crippen LogP contribution >= 0.6 is 11.3 Å². The van der Waals surface area contributed by atoms with Gasteiger partial charge in [0, 0.05) is 0 Å².